The number of benzene rings is 1. The van der Waals surface area contributed by atoms with Crippen LogP contribution in [0.1, 0.15) is 48.0 Å². The average Bonchev–Trinajstić information content (AvgIpc) is 2.74. The lowest BCUT2D eigenvalue weighted by Gasteiger charge is -2.52. The monoisotopic (exact) mass is 429 g/mol. The zero-order chi connectivity index (χ0) is 21.4. The van der Waals surface area contributed by atoms with Crippen LogP contribution < -0.4 is 4.72 Å². The van der Waals surface area contributed by atoms with Crippen LogP contribution in [0.15, 0.2) is 48.7 Å². The second-order valence-corrected chi connectivity index (χ2v) is 10.1. The van der Waals surface area contributed by atoms with Crippen molar-refractivity contribution >= 4 is 21.7 Å². The van der Waals surface area contributed by atoms with E-state index < -0.39 is 15.6 Å². The van der Waals surface area contributed by atoms with Crippen molar-refractivity contribution in [2.24, 2.45) is 5.92 Å². The van der Waals surface area contributed by atoms with Crippen molar-refractivity contribution in [1.29, 1.82) is 0 Å². The van der Waals surface area contributed by atoms with Gasteiger partial charge in [-0.05, 0) is 37.0 Å². The summed E-state index contributed by atoms with van der Waals surface area (Å²) in [5.74, 6) is 0.0487. The van der Waals surface area contributed by atoms with Crippen LogP contribution in [0.3, 0.4) is 0 Å². The number of carbonyl (C=O) groups excluding carboxylic acids is 1. The summed E-state index contributed by atoms with van der Waals surface area (Å²) in [5, 5.41) is 11.6. The molecular weight excluding hydrogens is 402 g/mol. The van der Waals surface area contributed by atoms with Gasteiger partial charge in [-0.25, -0.2) is 13.4 Å². The maximum absolute atomic E-state index is 13.3. The van der Waals surface area contributed by atoms with Gasteiger partial charge in [-0.3, -0.25) is 9.52 Å². The molecule has 2 fully saturated rings. The van der Waals surface area contributed by atoms with Gasteiger partial charge < -0.3 is 10.0 Å². The molecule has 3 unspecified atom stereocenters. The zero-order valence-electron chi connectivity index (χ0n) is 17.0. The Hall–Kier alpha value is -2.45. The molecule has 1 saturated carbocycles. The molecule has 30 heavy (non-hydrogen) atoms. The normalized spacial score (nSPS) is 26.7. The fourth-order valence-electron chi connectivity index (χ4n) is 4.96. The van der Waals surface area contributed by atoms with Crippen LogP contribution in [0.25, 0.3) is 0 Å². The molecular formula is C22H27N3O4S. The Morgan fingerprint density at radius 3 is 2.57 bits per heavy atom. The molecule has 1 aromatic carbocycles. The molecule has 7 nitrogen and oxygen atoms in total. The number of hydrogen-bond acceptors (Lipinski definition) is 5. The van der Waals surface area contributed by atoms with Gasteiger partial charge in [0.05, 0.1) is 17.4 Å². The number of sulfonamides is 1. The number of fused-ring (bicyclic) bond motifs is 1. The van der Waals surface area contributed by atoms with Crippen molar-refractivity contribution < 1.29 is 18.3 Å². The molecule has 1 amide bonds. The van der Waals surface area contributed by atoms with Crippen LogP contribution in [-0.4, -0.2) is 48.2 Å². The summed E-state index contributed by atoms with van der Waals surface area (Å²) in [7, 11) is -3.42. The molecule has 2 N–H and O–H groups in total. The topological polar surface area (TPSA) is 99.6 Å². The molecule has 1 aliphatic carbocycles. The molecule has 2 aromatic rings. The summed E-state index contributed by atoms with van der Waals surface area (Å²) in [6.45, 7) is 0.467. The molecule has 0 bridgehead atoms. The smallest absolute Gasteiger partial charge is 0.255 e. The maximum Gasteiger partial charge on any atom is 0.255 e. The summed E-state index contributed by atoms with van der Waals surface area (Å²) >= 11 is 0. The van der Waals surface area contributed by atoms with Crippen molar-refractivity contribution in [3.63, 3.8) is 0 Å². The number of rotatable bonds is 4. The van der Waals surface area contributed by atoms with Crippen LogP contribution in [-0.2, 0) is 15.6 Å². The van der Waals surface area contributed by atoms with E-state index >= 15 is 0 Å². The third-order valence-electron chi connectivity index (χ3n) is 6.31. The lowest BCUT2D eigenvalue weighted by atomic mass is 9.66. The lowest BCUT2D eigenvalue weighted by molar-refractivity contribution is -0.110. The molecule has 1 aromatic heterocycles. The molecule has 2 aliphatic rings. The zero-order valence-corrected chi connectivity index (χ0v) is 17.8. The Labute approximate surface area is 177 Å². The summed E-state index contributed by atoms with van der Waals surface area (Å²) in [4.78, 5) is 19.2. The molecule has 4 rings (SSSR count). The number of likely N-dealkylation sites (tertiary alicyclic amines) is 1. The van der Waals surface area contributed by atoms with Gasteiger partial charge in [-0.2, -0.15) is 0 Å². The van der Waals surface area contributed by atoms with Gasteiger partial charge in [0, 0.05) is 24.7 Å². The first-order valence-corrected chi connectivity index (χ1v) is 12.2. The minimum atomic E-state index is -3.42. The van der Waals surface area contributed by atoms with E-state index in [-0.39, 0.29) is 23.7 Å². The summed E-state index contributed by atoms with van der Waals surface area (Å²) in [5.41, 5.74) is 0.417. The largest absolute Gasteiger partial charge is 0.385 e. The van der Waals surface area contributed by atoms with Crippen LogP contribution in [0, 0.1) is 5.92 Å². The van der Waals surface area contributed by atoms with E-state index in [0.717, 1.165) is 37.5 Å². The summed E-state index contributed by atoms with van der Waals surface area (Å²) < 4.78 is 25.0. The Balaban J connectivity index is 1.57. The number of aromatic nitrogens is 1. The van der Waals surface area contributed by atoms with E-state index in [9.17, 15) is 18.3 Å². The number of nitrogens with one attached hydrogen (secondary N) is 1. The first kappa shape index (κ1) is 20.8. The predicted molar refractivity (Wildman–Crippen MR) is 114 cm³/mol. The number of carbonyl (C=O) groups is 1. The van der Waals surface area contributed by atoms with Crippen molar-refractivity contribution in [2.75, 3.05) is 17.5 Å². The Morgan fingerprint density at radius 1 is 1.17 bits per heavy atom. The number of pyridine rings is 1. The average molecular weight is 430 g/mol. The maximum atomic E-state index is 13.3. The van der Waals surface area contributed by atoms with E-state index in [1.807, 2.05) is 35.2 Å². The van der Waals surface area contributed by atoms with Crippen LogP contribution in [0.2, 0.25) is 0 Å². The fraction of sp³-hybridized carbons (Fsp3) is 0.455. The van der Waals surface area contributed by atoms with Gasteiger partial charge in [0.15, 0.2) is 0 Å². The molecule has 160 valence electrons. The van der Waals surface area contributed by atoms with Gasteiger partial charge >= 0.3 is 0 Å². The molecule has 1 saturated heterocycles. The second-order valence-electron chi connectivity index (χ2n) is 8.30. The van der Waals surface area contributed by atoms with Crippen LogP contribution in [0.5, 0.6) is 0 Å². The number of piperidine rings is 1. The highest BCUT2D eigenvalue weighted by molar-refractivity contribution is 7.92. The summed E-state index contributed by atoms with van der Waals surface area (Å²) in [6.07, 6.45) is 6.79. The van der Waals surface area contributed by atoms with E-state index in [1.54, 1.807) is 6.07 Å². The second kappa shape index (κ2) is 8.00. The van der Waals surface area contributed by atoms with Crippen molar-refractivity contribution in [2.45, 2.75) is 43.7 Å². The fourth-order valence-corrected chi connectivity index (χ4v) is 5.46. The first-order valence-electron chi connectivity index (χ1n) is 10.3. The van der Waals surface area contributed by atoms with Gasteiger partial charge in [-0.15, -0.1) is 0 Å². The number of aliphatic hydroxyl groups is 1. The van der Waals surface area contributed by atoms with E-state index in [4.69, 9.17) is 0 Å². The SMILES string of the molecule is CS(=O)(=O)Nc1ccc(C(=O)N2CCC(O)(c3ccccc3)C3CCCCC32)cn1. The standard InChI is InChI=1S/C22H27N3O4S/c1-30(28,29)24-20-12-11-16(15-23-20)21(26)25-14-13-22(27,17-7-3-2-4-8-17)18-9-5-6-10-19(18)25/h2-4,7-8,11-12,15,18-19,27H,5-6,9-10,13-14H2,1H3,(H,23,24). The Bertz CT molecular complexity index is 1010. The van der Waals surface area contributed by atoms with E-state index in [2.05, 4.69) is 9.71 Å². The molecule has 1 aliphatic heterocycles. The van der Waals surface area contributed by atoms with E-state index in [1.165, 1.54) is 12.3 Å². The Morgan fingerprint density at radius 2 is 1.90 bits per heavy atom. The molecule has 3 atom stereocenters. The molecule has 2 heterocycles. The third kappa shape index (κ3) is 4.06. The minimum Gasteiger partial charge on any atom is -0.385 e. The highest BCUT2D eigenvalue weighted by Crippen LogP contribution is 2.47. The van der Waals surface area contributed by atoms with Crippen molar-refractivity contribution in [3.8, 4) is 0 Å². The quantitative estimate of drug-likeness (QED) is 0.779. The van der Waals surface area contributed by atoms with Gasteiger partial charge in [0.1, 0.15) is 5.82 Å². The molecule has 8 heteroatoms. The van der Waals surface area contributed by atoms with Gasteiger partial charge in [-0.1, -0.05) is 43.2 Å². The van der Waals surface area contributed by atoms with Crippen molar-refractivity contribution in [3.05, 3.63) is 59.8 Å². The Kier molecular flexibility index (Phi) is 5.55. The third-order valence-corrected chi connectivity index (χ3v) is 6.89. The molecule has 0 spiro atoms. The van der Waals surface area contributed by atoms with Gasteiger partial charge in [0.2, 0.25) is 10.0 Å². The molecule has 0 radical (unpaired) electrons. The van der Waals surface area contributed by atoms with Crippen molar-refractivity contribution in [1.82, 2.24) is 9.88 Å². The number of nitrogens with zero attached hydrogens (tertiary/aromatic N) is 2. The minimum absolute atomic E-state index is 0.00881. The summed E-state index contributed by atoms with van der Waals surface area (Å²) in [6, 6.07) is 12.8. The van der Waals surface area contributed by atoms with Crippen LogP contribution in [0.4, 0.5) is 5.82 Å². The predicted octanol–water partition coefficient (Wildman–Crippen LogP) is 2.75. The number of amides is 1. The lowest BCUT2D eigenvalue weighted by Crippen LogP contribution is -2.59. The number of anilines is 1. The highest BCUT2D eigenvalue weighted by Gasteiger charge is 2.50. The first-order chi connectivity index (χ1) is 14.3. The van der Waals surface area contributed by atoms with E-state index in [0.29, 0.717) is 18.5 Å². The van der Waals surface area contributed by atoms with Crippen LogP contribution >= 0.6 is 0 Å². The highest BCUT2D eigenvalue weighted by atomic mass is 32.2. The number of hydrogen-bond donors (Lipinski definition) is 2. The van der Waals surface area contributed by atoms with Gasteiger partial charge in [0.25, 0.3) is 5.91 Å².